The molecule has 0 aliphatic rings. The number of amides is 1. The van der Waals surface area contributed by atoms with Gasteiger partial charge in [-0.15, -0.1) is 0 Å². The Labute approximate surface area is 139 Å². The molecule has 2 aromatic carbocycles. The van der Waals surface area contributed by atoms with E-state index in [0.29, 0.717) is 16.9 Å². The fourth-order valence-electron chi connectivity index (χ4n) is 2.05. The lowest BCUT2D eigenvalue weighted by atomic mass is 10.1. The van der Waals surface area contributed by atoms with E-state index in [-0.39, 0.29) is 24.0 Å². The second-order valence-corrected chi connectivity index (χ2v) is 5.12. The van der Waals surface area contributed by atoms with Crippen molar-refractivity contribution < 1.29 is 24.9 Å². The van der Waals surface area contributed by atoms with Crippen LogP contribution in [-0.4, -0.2) is 34.9 Å². The Bertz CT molecular complexity index is 725. The molecule has 0 unspecified atom stereocenters. The number of ether oxygens (including phenoxy) is 1. The van der Waals surface area contributed by atoms with Gasteiger partial charge in [-0.2, -0.15) is 0 Å². The molecule has 0 aromatic heterocycles. The number of rotatable bonds is 6. The van der Waals surface area contributed by atoms with E-state index in [2.05, 4.69) is 5.32 Å². The summed E-state index contributed by atoms with van der Waals surface area (Å²) in [4.78, 5) is 11.8. The number of carbonyl (C=O) groups is 1. The molecule has 2 rings (SSSR count). The third kappa shape index (κ3) is 4.76. The zero-order chi connectivity index (χ0) is 17.5. The summed E-state index contributed by atoms with van der Waals surface area (Å²) in [6.45, 7) is 0.0435. The fraction of sp³-hybridized carbons (Fsp3) is 0.167. The predicted molar refractivity (Wildman–Crippen MR) is 89.8 cm³/mol. The number of methoxy groups -OCH3 is 1. The standard InChI is InChI=1S/C18H19NO5/c1-24-17-8-2-12(10-15(17)21)3-9-18(23)19-11-16(22)13-4-6-14(20)7-5-13/h2-10,16,20-22H,11H2,1H3,(H,19,23)/b9-3+/t16-/m1/s1. The van der Waals surface area contributed by atoms with Crippen LogP contribution in [0.15, 0.2) is 48.5 Å². The zero-order valence-electron chi connectivity index (χ0n) is 13.1. The molecule has 0 saturated heterocycles. The topological polar surface area (TPSA) is 99.0 Å². The van der Waals surface area contributed by atoms with Gasteiger partial charge in [0.05, 0.1) is 13.2 Å². The highest BCUT2D eigenvalue weighted by Gasteiger charge is 2.08. The minimum Gasteiger partial charge on any atom is -0.508 e. The van der Waals surface area contributed by atoms with Gasteiger partial charge in [0.25, 0.3) is 0 Å². The van der Waals surface area contributed by atoms with Crippen molar-refractivity contribution in [3.8, 4) is 17.2 Å². The van der Waals surface area contributed by atoms with E-state index in [1.54, 1.807) is 30.3 Å². The Morgan fingerprint density at radius 1 is 1.21 bits per heavy atom. The molecule has 0 aliphatic carbocycles. The van der Waals surface area contributed by atoms with Crippen molar-refractivity contribution in [3.05, 3.63) is 59.7 Å². The minimum absolute atomic E-state index is 0.0113. The van der Waals surface area contributed by atoms with E-state index < -0.39 is 6.10 Å². The van der Waals surface area contributed by atoms with Crippen LogP contribution in [0.1, 0.15) is 17.2 Å². The molecule has 0 fully saturated rings. The van der Waals surface area contributed by atoms with Crippen molar-refractivity contribution in [1.82, 2.24) is 5.32 Å². The first-order valence-corrected chi connectivity index (χ1v) is 7.29. The number of hydrogen-bond donors (Lipinski definition) is 4. The molecule has 0 aliphatic heterocycles. The first-order chi connectivity index (χ1) is 11.5. The smallest absolute Gasteiger partial charge is 0.244 e. The van der Waals surface area contributed by atoms with Gasteiger partial charge in [0.2, 0.25) is 5.91 Å². The van der Waals surface area contributed by atoms with Crippen molar-refractivity contribution in [2.45, 2.75) is 6.10 Å². The van der Waals surface area contributed by atoms with Crippen LogP contribution >= 0.6 is 0 Å². The Morgan fingerprint density at radius 2 is 1.92 bits per heavy atom. The van der Waals surface area contributed by atoms with Crippen LogP contribution in [0.5, 0.6) is 17.2 Å². The lowest BCUT2D eigenvalue weighted by molar-refractivity contribution is -0.116. The van der Waals surface area contributed by atoms with Gasteiger partial charge >= 0.3 is 0 Å². The van der Waals surface area contributed by atoms with Gasteiger partial charge in [0, 0.05) is 12.6 Å². The van der Waals surface area contributed by atoms with Crippen LogP contribution in [0, 0.1) is 0 Å². The van der Waals surface area contributed by atoms with Gasteiger partial charge in [-0.1, -0.05) is 18.2 Å². The SMILES string of the molecule is COc1ccc(/C=C/C(=O)NC[C@@H](O)c2ccc(O)cc2)cc1O. The summed E-state index contributed by atoms with van der Waals surface area (Å²) in [5.41, 5.74) is 1.24. The average molecular weight is 329 g/mol. The number of phenolic OH excluding ortho intramolecular Hbond substituents is 2. The van der Waals surface area contributed by atoms with Gasteiger partial charge < -0.3 is 25.4 Å². The maximum atomic E-state index is 11.8. The monoisotopic (exact) mass is 329 g/mol. The lowest BCUT2D eigenvalue weighted by Gasteiger charge is -2.11. The molecule has 0 radical (unpaired) electrons. The Hall–Kier alpha value is -2.99. The highest BCUT2D eigenvalue weighted by Crippen LogP contribution is 2.26. The third-order valence-corrected chi connectivity index (χ3v) is 3.38. The molecular formula is C18H19NO5. The van der Waals surface area contributed by atoms with Gasteiger partial charge in [-0.05, 0) is 41.5 Å². The largest absolute Gasteiger partial charge is 0.508 e. The van der Waals surface area contributed by atoms with Crippen LogP contribution in [0.25, 0.3) is 6.08 Å². The maximum absolute atomic E-state index is 11.8. The molecule has 6 heteroatoms. The lowest BCUT2D eigenvalue weighted by Crippen LogP contribution is -2.26. The second kappa shape index (κ2) is 8.03. The molecule has 126 valence electrons. The van der Waals surface area contributed by atoms with Crippen molar-refractivity contribution in [1.29, 1.82) is 0 Å². The minimum atomic E-state index is -0.868. The first kappa shape index (κ1) is 17.4. The van der Waals surface area contributed by atoms with Gasteiger partial charge in [-0.25, -0.2) is 0 Å². The number of aliphatic hydroxyl groups is 1. The molecule has 2 aromatic rings. The van der Waals surface area contributed by atoms with Gasteiger partial charge in [-0.3, -0.25) is 4.79 Å². The van der Waals surface area contributed by atoms with Gasteiger partial charge in [0.1, 0.15) is 5.75 Å². The van der Waals surface area contributed by atoms with E-state index in [1.165, 1.54) is 31.4 Å². The van der Waals surface area contributed by atoms with E-state index in [9.17, 15) is 20.1 Å². The van der Waals surface area contributed by atoms with E-state index >= 15 is 0 Å². The summed E-state index contributed by atoms with van der Waals surface area (Å²) in [5.74, 6) is 0.0835. The van der Waals surface area contributed by atoms with Crippen molar-refractivity contribution >= 4 is 12.0 Å². The number of hydrogen-bond acceptors (Lipinski definition) is 5. The van der Waals surface area contributed by atoms with E-state index in [1.807, 2.05) is 0 Å². The van der Waals surface area contributed by atoms with Crippen LogP contribution in [0.2, 0.25) is 0 Å². The van der Waals surface area contributed by atoms with Gasteiger partial charge in [0.15, 0.2) is 11.5 Å². The summed E-state index contributed by atoms with van der Waals surface area (Å²) >= 11 is 0. The summed E-state index contributed by atoms with van der Waals surface area (Å²) in [6, 6.07) is 10.9. The van der Waals surface area contributed by atoms with Crippen LogP contribution in [-0.2, 0) is 4.79 Å². The average Bonchev–Trinajstić information content (AvgIpc) is 2.58. The summed E-state index contributed by atoms with van der Waals surface area (Å²) < 4.78 is 4.94. The summed E-state index contributed by atoms with van der Waals surface area (Å²) in [7, 11) is 1.46. The molecule has 0 bridgehead atoms. The molecule has 1 amide bonds. The fourth-order valence-corrected chi connectivity index (χ4v) is 2.05. The summed E-state index contributed by atoms with van der Waals surface area (Å²) in [5, 5.41) is 31.4. The van der Waals surface area contributed by atoms with E-state index in [0.717, 1.165) is 0 Å². The maximum Gasteiger partial charge on any atom is 0.244 e. The predicted octanol–water partition coefficient (Wildman–Crippen LogP) is 1.97. The third-order valence-electron chi connectivity index (χ3n) is 3.38. The molecule has 1 atom stereocenters. The number of phenols is 2. The number of aliphatic hydroxyl groups excluding tert-OH is 1. The first-order valence-electron chi connectivity index (χ1n) is 7.29. The Kier molecular flexibility index (Phi) is 5.81. The number of nitrogens with one attached hydrogen (secondary N) is 1. The van der Waals surface area contributed by atoms with Crippen LogP contribution < -0.4 is 10.1 Å². The van der Waals surface area contributed by atoms with Crippen molar-refractivity contribution in [2.24, 2.45) is 0 Å². The second-order valence-electron chi connectivity index (χ2n) is 5.12. The van der Waals surface area contributed by atoms with E-state index in [4.69, 9.17) is 4.74 Å². The zero-order valence-corrected chi connectivity index (χ0v) is 13.1. The summed E-state index contributed by atoms with van der Waals surface area (Å²) in [6.07, 6.45) is 1.99. The molecule has 0 spiro atoms. The Morgan fingerprint density at radius 3 is 2.54 bits per heavy atom. The normalized spacial score (nSPS) is 12.1. The van der Waals surface area contributed by atoms with Crippen LogP contribution in [0.3, 0.4) is 0 Å². The quantitative estimate of drug-likeness (QED) is 0.607. The molecule has 0 saturated carbocycles. The highest BCUT2D eigenvalue weighted by atomic mass is 16.5. The number of carbonyl (C=O) groups excluding carboxylic acids is 1. The number of benzene rings is 2. The van der Waals surface area contributed by atoms with Crippen LogP contribution in [0.4, 0.5) is 0 Å². The molecule has 4 N–H and O–H groups in total. The molecular weight excluding hydrogens is 310 g/mol. The Balaban J connectivity index is 1.88. The molecule has 6 nitrogen and oxygen atoms in total. The molecule has 24 heavy (non-hydrogen) atoms. The number of aromatic hydroxyl groups is 2. The molecule has 0 heterocycles. The van der Waals surface area contributed by atoms with Crippen molar-refractivity contribution in [2.75, 3.05) is 13.7 Å². The highest BCUT2D eigenvalue weighted by molar-refractivity contribution is 5.91. The van der Waals surface area contributed by atoms with Crippen molar-refractivity contribution in [3.63, 3.8) is 0 Å².